The molecular formula is C6H7F2. The predicted octanol–water partition coefficient (Wildman–Crippen LogP) is 2.01. The molecule has 2 aliphatic carbocycles. The van der Waals surface area contributed by atoms with E-state index in [4.69, 9.17) is 0 Å². The first-order valence-corrected chi connectivity index (χ1v) is 2.86. The molecule has 2 rings (SSSR count). The maximum Gasteiger partial charge on any atom is 0.254 e. The minimum absolute atomic E-state index is 0.149. The fraction of sp³-hybridized carbons (Fsp3) is 0.833. The zero-order valence-corrected chi connectivity index (χ0v) is 4.45. The van der Waals surface area contributed by atoms with Crippen molar-refractivity contribution in [2.75, 3.05) is 0 Å². The second-order valence-corrected chi connectivity index (χ2v) is 2.86. The van der Waals surface area contributed by atoms with Crippen molar-refractivity contribution in [2.45, 2.75) is 25.2 Å². The molecule has 0 heterocycles. The van der Waals surface area contributed by atoms with E-state index < -0.39 is 11.3 Å². The van der Waals surface area contributed by atoms with Crippen LogP contribution in [0, 0.1) is 11.8 Å². The molecule has 2 heteroatoms. The minimum atomic E-state index is -2.29. The van der Waals surface area contributed by atoms with Crippen LogP contribution in [0.3, 0.4) is 0 Å². The van der Waals surface area contributed by atoms with Gasteiger partial charge in [0.2, 0.25) is 0 Å². The third-order valence-electron chi connectivity index (χ3n) is 2.28. The van der Waals surface area contributed by atoms with Gasteiger partial charge in [0.25, 0.3) is 5.92 Å². The Labute approximate surface area is 46.9 Å². The van der Waals surface area contributed by atoms with Crippen LogP contribution in [0.2, 0.25) is 0 Å². The van der Waals surface area contributed by atoms with Gasteiger partial charge in [0.05, 0.1) is 0 Å². The SMILES string of the molecule is FC1(F)CC12C[CH]C2. The summed E-state index contributed by atoms with van der Waals surface area (Å²) in [5.74, 6) is -2.29. The van der Waals surface area contributed by atoms with Crippen molar-refractivity contribution < 1.29 is 8.78 Å². The molecule has 0 N–H and O–H groups in total. The molecule has 0 atom stereocenters. The van der Waals surface area contributed by atoms with E-state index in [1.165, 1.54) is 0 Å². The van der Waals surface area contributed by atoms with Crippen molar-refractivity contribution in [1.82, 2.24) is 0 Å². The van der Waals surface area contributed by atoms with Crippen LogP contribution in [0.5, 0.6) is 0 Å². The number of rotatable bonds is 0. The lowest BCUT2D eigenvalue weighted by atomic mass is 9.81. The van der Waals surface area contributed by atoms with E-state index in [0.29, 0.717) is 12.8 Å². The van der Waals surface area contributed by atoms with Crippen molar-refractivity contribution in [3.63, 3.8) is 0 Å². The molecule has 0 unspecified atom stereocenters. The van der Waals surface area contributed by atoms with Crippen LogP contribution in [0.4, 0.5) is 8.78 Å². The first kappa shape index (κ1) is 4.71. The van der Waals surface area contributed by atoms with Gasteiger partial charge in [-0.2, -0.15) is 0 Å². The fourth-order valence-electron chi connectivity index (χ4n) is 1.32. The van der Waals surface area contributed by atoms with Crippen molar-refractivity contribution in [3.05, 3.63) is 6.42 Å². The molecule has 0 aliphatic heterocycles. The van der Waals surface area contributed by atoms with Crippen LogP contribution in [0.25, 0.3) is 0 Å². The number of halogens is 2. The average Bonchev–Trinajstić information content (AvgIpc) is 2.05. The van der Waals surface area contributed by atoms with Gasteiger partial charge in [0.15, 0.2) is 0 Å². The van der Waals surface area contributed by atoms with Crippen molar-refractivity contribution in [2.24, 2.45) is 5.41 Å². The van der Waals surface area contributed by atoms with Gasteiger partial charge in [-0.15, -0.1) is 0 Å². The van der Waals surface area contributed by atoms with E-state index in [-0.39, 0.29) is 6.42 Å². The zero-order valence-electron chi connectivity index (χ0n) is 4.45. The highest BCUT2D eigenvalue weighted by Crippen LogP contribution is 2.70. The highest BCUT2D eigenvalue weighted by molar-refractivity contribution is 5.19. The van der Waals surface area contributed by atoms with E-state index in [1.807, 2.05) is 6.42 Å². The maximum atomic E-state index is 12.2. The normalized spacial score (nSPS) is 36.8. The largest absolute Gasteiger partial charge is 0.254 e. The average molecular weight is 117 g/mol. The van der Waals surface area contributed by atoms with E-state index in [1.54, 1.807) is 0 Å². The summed E-state index contributed by atoms with van der Waals surface area (Å²) in [4.78, 5) is 0. The monoisotopic (exact) mass is 117 g/mol. The molecule has 0 nitrogen and oxygen atoms in total. The Hall–Kier alpha value is -0.140. The Kier molecular flexibility index (Phi) is 0.552. The molecule has 0 aromatic carbocycles. The summed E-state index contributed by atoms with van der Waals surface area (Å²) < 4.78 is 24.4. The molecule has 0 amide bonds. The number of alkyl halides is 2. The number of hydrogen-bond acceptors (Lipinski definition) is 0. The van der Waals surface area contributed by atoms with Crippen LogP contribution in [0.1, 0.15) is 19.3 Å². The Balaban J connectivity index is 2.12. The minimum Gasteiger partial charge on any atom is -0.206 e. The van der Waals surface area contributed by atoms with E-state index >= 15 is 0 Å². The van der Waals surface area contributed by atoms with Crippen LogP contribution >= 0.6 is 0 Å². The zero-order chi connectivity index (χ0) is 5.83. The van der Waals surface area contributed by atoms with Crippen LogP contribution in [-0.4, -0.2) is 5.92 Å². The Bertz CT molecular complexity index is 124. The highest BCUT2D eigenvalue weighted by Gasteiger charge is 2.72. The standard InChI is InChI=1S/C6H7F2/c7-6(8)4-5(6)2-1-3-5/h1H,2-4H2. The summed E-state index contributed by atoms with van der Waals surface area (Å²) >= 11 is 0. The summed E-state index contributed by atoms with van der Waals surface area (Å²) in [6, 6.07) is 0. The van der Waals surface area contributed by atoms with Gasteiger partial charge < -0.3 is 0 Å². The Morgan fingerprint density at radius 2 is 1.75 bits per heavy atom. The van der Waals surface area contributed by atoms with E-state index in [9.17, 15) is 8.78 Å². The topological polar surface area (TPSA) is 0 Å². The van der Waals surface area contributed by atoms with Gasteiger partial charge in [0.1, 0.15) is 0 Å². The second-order valence-electron chi connectivity index (χ2n) is 2.86. The third kappa shape index (κ3) is 0.318. The highest BCUT2D eigenvalue weighted by atomic mass is 19.3. The number of hydrogen-bond donors (Lipinski definition) is 0. The summed E-state index contributed by atoms with van der Waals surface area (Å²) in [7, 11) is 0. The molecule has 0 bridgehead atoms. The van der Waals surface area contributed by atoms with Crippen LogP contribution in [0.15, 0.2) is 0 Å². The van der Waals surface area contributed by atoms with Gasteiger partial charge in [0, 0.05) is 11.8 Å². The molecule has 1 radical (unpaired) electrons. The first-order valence-electron chi connectivity index (χ1n) is 2.86. The summed E-state index contributed by atoms with van der Waals surface area (Å²) in [5, 5.41) is 0. The molecule has 45 valence electrons. The van der Waals surface area contributed by atoms with Gasteiger partial charge >= 0.3 is 0 Å². The van der Waals surface area contributed by atoms with Gasteiger partial charge in [-0.1, -0.05) is 0 Å². The first-order chi connectivity index (χ1) is 3.66. The Morgan fingerprint density at radius 3 is 1.75 bits per heavy atom. The molecule has 1 spiro atoms. The van der Waals surface area contributed by atoms with E-state index in [0.717, 1.165) is 0 Å². The van der Waals surface area contributed by atoms with Crippen LogP contribution in [-0.2, 0) is 0 Å². The fourth-order valence-corrected chi connectivity index (χ4v) is 1.32. The van der Waals surface area contributed by atoms with Gasteiger partial charge in [-0.25, -0.2) is 8.78 Å². The van der Waals surface area contributed by atoms with Crippen molar-refractivity contribution in [1.29, 1.82) is 0 Å². The smallest absolute Gasteiger partial charge is 0.206 e. The molecule has 0 aromatic rings. The lowest BCUT2D eigenvalue weighted by molar-refractivity contribution is 0.0469. The molecule has 8 heavy (non-hydrogen) atoms. The van der Waals surface area contributed by atoms with Crippen molar-refractivity contribution >= 4 is 0 Å². The molecule has 0 saturated heterocycles. The third-order valence-corrected chi connectivity index (χ3v) is 2.28. The molecule has 2 fully saturated rings. The lowest BCUT2D eigenvalue weighted by Gasteiger charge is -2.24. The maximum absolute atomic E-state index is 12.2. The quantitative estimate of drug-likeness (QED) is 0.455. The van der Waals surface area contributed by atoms with Gasteiger partial charge in [-0.3, -0.25) is 0 Å². The lowest BCUT2D eigenvalue weighted by Crippen LogP contribution is -2.20. The predicted molar refractivity (Wildman–Crippen MR) is 25.5 cm³/mol. The molecule has 2 aliphatic rings. The Morgan fingerprint density at radius 1 is 1.25 bits per heavy atom. The van der Waals surface area contributed by atoms with Crippen molar-refractivity contribution in [3.8, 4) is 0 Å². The summed E-state index contributed by atoms with van der Waals surface area (Å²) in [6.07, 6.45) is 3.39. The van der Waals surface area contributed by atoms with Crippen LogP contribution < -0.4 is 0 Å². The second kappa shape index (κ2) is 0.937. The summed E-state index contributed by atoms with van der Waals surface area (Å²) in [5.41, 5.74) is -0.521. The molecular weight excluding hydrogens is 110 g/mol. The van der Waals surface area contributed by atoms with Gasteiger partial charge in [-0.05, 0) is 19.3 Å². The van der Waals surface area contributed by atoms with E-state index in [2.05, 4.69) is 0 Å². The molecule has 2 saturated carbocycles. The molecule has 0 aromatic heterocycles. The summed E-state index contributed by atoms with van der Waals surface area (Å²) in [6.45, 7) is 0.